The van der Waals surface area contributed by atoms with Crippen LogP contribution in [0.25, 0.3) is 0 Å². The van der Waals surface area contributed by atoms with Crippen molar-refractivity contribution in [2.75, 3.05) is 12.3 Å². The Kier molecular flexibility index (Phi) is 11.0. The number of hydrogen-bond acceptors (Lipinski definition) is 6. The first-order chi connectivity index (χ1) is 15.9. The molecular formula is C26H46NNaO7S. The SMILES string of the molecule is C[C@H](CCC(=O)NCCS(=O)(=O)[O-])[C@H]1CCC2C3CCC4C[C@H](O)CC[C@]4(C)C3C[C@H](O)[C@@]21C.O.[Na+]. The molecule has 4 fully saturated rings. The first kappa shape index (κ1) is 32.5. The van der Waals surface area contributed by atoms with Gasteiger partial charge in [-0.15, -0.1) is 0 Å². The number of fused-ring (bicyclic) bond motifs is 5. The summed E-state index contributed by atoms with van der Waals surface area (Å²) < 4.78 is 32.2. The Hall–Kier alpha value is 0.260. The van der Waals surface area contributed by atoms with Crippen molar-refractivity contribution in [3.8, 4) is 0 Å². The first-order valence-corrected chi connectivity index (χ1v) is 15.0. The normalized spacial score (nSPS) is 42.6. The van der Waals surface area contributed by atoms with E-state index in [4.69, 9.17) is 0 Å². The quantitative estimate of drug-likeness (QED) is 0.285. The Morgan fingerprint density at radius 3 is 2.44 bits per heavy atom. The maximum absolute atomic E-state index is 12.2. The molecule has 0 aromatic carbocycles. The van der Waals surface area contributed by atoms with Gasteiger partial charge in [0.05, 0.1) is 28.1 Å². The van der Waals surface area contributed by atoms with Gasteiger partial charge in [-0.25, -0.2) is 8.42 Å². The van der Waals surface area contributed by atoms with Gasteiger partial charge in [0.2, 0.25) is 5.91 Å². The average molecular weight is 540 g/mol. The van der Waals surface area contributed by atoms with Crippen LogP contribution in [0.3, 0.4) is 0 Å². The van der Waals surface area contributed by atoms with Gasteiger partial charge < -0.3 is 25.6 Å². The predicted molar refractivity (Wildman–Crippen MR) is 132 cm³/mol. The summed E-state index contributed by atoms with van der Waals surface area (Å²) in [5, 5.41) is 24.4. The maximum Gasteiger partial charge on any atom is 1.00 e. The zero-order valence-electron chi connectivity index (χ0n) is 22.5. The molecule has 36 heavy (non-hydrogen) atoms. The van der Waals surface area contributed by atoms with Crippen LogP contribution in [0.1, 0.15) is 85.0 Å². The fourth-order valence-corrected chi connectivity index (χ4v) is 9.48. The van der Waals surface area contributed by atoms with Gasteiger partial charge in [-0.3, -0.25) is 4.79 Å². The molecule has 0 saturated heterocycles. The Balaban J connectivity index is 0.00000228. The Morgan fingerprint density at radius 1 is 1.08 bits per heavy atom. The summed E-state index contributed by atoms with van der Waals surface area (Å²) in [5.41, 5.74) is 0.0922. The van der Waals surface area contributed by atoms with E-state index in [1.807, 2.05) is 0 Å². The molecule has 1 amide bonds. The van der Waals surface area contributed by atoms with Crippen LogP contribution in [-0.2, 0) is 14.9 Å². The smallest absolute Gasteiger partial charge is 0.748 e. The fourth-order valence-electron chi connectivity index (χ4n) is 9.12. The van der Waals surface area contributed by atoms with E-state index in [2.05, 4.69) is 26.1 Å². The third-order valence-corrected chi connectivity index (χ3v) is 11.7. The molecular weight excluding hydrogens is 493 g/mol. The number of aliphatic hydroxyl groups excluding tert-OH is 2. The Bertz CT molecular complexity index is 872. The van der Waals surface area contributed by atoms with Crippen molar-refractivity contribution < 1.29 is 63.0 Å². The van der Waals surface area contributed by atoms with Gasteiger partial charge in [0.1, 0.15) is 0 Å². The van der Waals surface area contributed by atoms with E-state index in [-0.39, 0.29) is 76.4 Å². The minimum Gasteiger partial charge on any atom is -0.748 e. The van der Waals surface area contributed by atoms with Crippen LogP contribution < -0.4 is 34.9 Å². The van der Waals surface area contributed by atoms with Crippen LogP contribution in [0.15, 0.2) is 0 Å². The van der Waals surface area contributed by atoms with Gasteiger partial charge in [0.25, 0.3) is 0 Å². The molecule has 10 atom stereocenters. The van der Waals surface area contributed by atoms with Gasteiger partial charge in [0.15, 0.2) is 0 Å². The molecule has 0 aromatic heterocycles. The van der Waals surface area contributed by atoms with Gasteiger partial charge in [-0.1, -0.05) is 20.8 Å². The largest absolute Gasteiger partial charge is 1.00 e. The minimum absolute atomic E-state index is 0. The van der Waals surface area contributed by atoms with E-state index in [0.717, 1.165) is 38.5 Å². The Morgan fingerprint density at radius 2 is 1.78 bits per heavy atom. The van der Waals surface area contributed by atoms with Crippen molar-refractivity contribution in [2.45, 2.75) is 97.2 Å². The van der Waals surface area contributed by atoms with Gasteiger partial charge in [-0.2, -0.15) is 0 Å². The average Bonchev–Trinajstić information content (AvgIpc) is 3.11. The number of hydrogen-bond donors (Lipinski definition) is 3. The predicted octanol–water partition coefficient (Wildman–Crippen LogP) is -0.766. The second kappa shape index (κ2) is 12.2. The van der Waals surface area contributed by atoms with Gasteiger partial charge in [0, 0.05) is 13.0 Å². The van der Waals surface area contributed by atoms with E-state index in [9.17, 15) is 28.0 Å². The minimum atomic E-state index is -4.32. The third kappa shape index (κ3) is 6.19. The zero-order valence-corrected chi connectivity index (χ0v) is 25.4. The summed E-state index contributed by atoms with van der Waals surface area (Å²) in [7, 11) is -4.32. The van der Waals surface area contributed by atoms with E-state index >= 15 is 0 Å². The van der Waals surface area contributed by atoms with Crippen molar-refractivity contribution >= 4 is 16.0 Å². The molecule has 204 valence electrons. The van der Waals surface area contributed by atoms with Gasteiger partial charge in [-0.05, 0) is 104 Å². The number of carbonyl (C=O) groups excluding carboxylic acids is 1. The summed E-state index contributed by atoms with van der Waals surface area (Å²) in [6, 6.07) is 0. The van der Waals surface area contributed by atoms with Gasteiger partial charge >= 0.3 is 29.6 Å². The van der Waals surface area contributed by atoms with E-state index in [1.165, 1.54) is 12.8 Å². The van der Waals surface area contributed by atoms with Crippen LogP contribution in [0.2, 0.25) is 0 Å². The molecule has 0 aromatic rings. The van der Waals surface area contributed by atoms with Crippen molar-refractivity contribution in [3.05, 3.63) is 0 Å². The monoisotopic (exact) mass is 539 g/mol. The summed E-state index contributed by atoms with van der Waals surface area (Å²) in [6.45, 7) is 6.78. The summed E-state index contributed by atoms with van der Waals surface area (Å²) >= 11 is 0. The molecule has 4 rings (SSSR count). The second-order valence-electron chi connectivity index (χ2n) is 12.5. The molecule has 0 bridgehead atoms. The summed E-state index contributed by atoms with van der Waals surface area (Å²) in [4.78, 5) is 12.2. The number of rotatable bonds is 7. The Labute approximate surface area is 239 Å². The van der Waals surface area contributed by atoms with E-state index < -0.39 is 15.9 Å². The number of amides is 1. The fraction of sp³-hybridized carbons (Fsp3) is 0.962. The van der Waals surface area contributed by atoms with Crippen molar-refractivity contribution in [2.24, 2.45) is 46.3 Å². The first-order valence-electron chi connectivity index (χ1n) is 13.4. The third-order valence-electron chi connectivity index (χ3n) is 11.0. The maximum atomic E-state index is 12.2. The molecule has 5 N–H and O–H groups in total. The van der Waals surface area contributed by atoms with E-state index in [0.29, 0.717) is 42.4 Å². The molecule has 0 radical (unpaired) electrons. The molecule has 4 unspecified atom stereocenters. The molecule has 4 aliphatic carbocycles. The standard InChI is InChI=1S/C26H45NO6S.Na.H2O/c1-16(4-9-24(30)27-12-13-34(31,32)33)20-7-8-21-19-6-5-17-14-18(28)10-11-25(17,2)22(19)15-23(29)26(20,21)3;;/h16-23,28-29H,4-15H2,1-3H3,(H,27,30)(H,31,32,33);;1H2/q;+1;/p-1/t16-,17?,18-,19?,20-,21?,22?,23+,25+,26-;;/m1../s1. The number of nitrogens with one attached hydrogen (secondary N) is 1. The molecule has 10 heteroatoms. The van der Waals surface area contributed by atoms with E-state index in [1.54, 1.807) is 0 Å². The zero-order chi connectivity index (χ0) is 24.9. The van der Waals surface area contributed by atoms with Crippen LogP contribution in [0, 0.1) is 46.3 Å². The van der Waals surface area contributed by atoms with Crippen LogP contribution in [-0.4, -0.2) is 59.1 Å². The van der Waals surface area contributed by atoms with Crippen LogP contribution in [0.4, 0.5) is 0 Å². The molecule has 4 saturated carbocycles. The number of aliphatic hydroxyl groups is 2. The molecule has 4 aliphatic rings. The molecule has 0 aliphatic heterocycles. The van der Waals surface area contributed by atoms with Crippen molar-refractivity contribution in [1.82, 2.24) is 5.32 Å². The topological polar surface area (TPSA) is 158 Å². The van der Waals surface area contributed by atoms with Crippen LogP contribution in [0.5, 0.6) is 0 Å². The van der Waals surface area contributed by atoms with Crippen molar-refractivity contribution in [3.63, 3.8) is 0 Å². The molecule has 0 heterocycles. The summed E-state index contributed by atoms with van der Waals surface area (Å²) in [6.07, 6.45) is 8.85. The summed E-state index contributed by atoms with van der Waals surface area (Å²) in [5.74, 6) is 2.10. The molecule has 8 nitrogen and oxygen atoms in total. The second-order valence-corrected chi connectivity index (χ2v) is 14.0. The molecule has 0 spiro atoms. The van der Waals surface area contributed by atoms with Crippen LogP contribution >= 0.6 is 0 Å². The number of carbonyl (C=O) groups is 1. The van der Waals surface area contributed by atoms with Crippen molar-refractivity contribution in [1.29, 1.82) is 0 Å².